The monoisotopic (exact) mass is 520 g/mol. The average molecular weight is 520 g/mol. The number of nitrogens with zero attached hydrogens (tertiary/aromatic N) is 2. The first-order valence-electron chi connectivity index (χ1n) is 10.2. The number of rotatable bonds is 6. The molecule has 1 fully saturated rings. The number of hydrogen-bond acceptors (Lipinski definition) is 3. The lowest BCUT2D eigenvalue weighted by atomic mass is 10.0. The van der Waals surface area contributed by atoms with Crippen LogP contribution in [-0.2, 0) is 24.3 Å². The van der Waals surface area contributed by atoms with Gasteiger partial charge in [0.05, 0.1) is 0 Å². The van der Waals surface area contributed by atoms with Gasteiger partial charge in [0.2, 0.25) is 0 Å². The minimum atomic E-state index is -0.0539. The molecule has 0 saturated heterocycles. The van der Waals surface area contributed by atoms with Crippen LogP contribution in [0.15, 0.2) is 53.5 Å². The number of amides is 1. The van der Waals surface area contributed by atoms with Crippen LogP contribution >= 0.6 is 24.0 Å². The number of carbonyl (C=O) groups excluding carboxylic acids is 1. The fourth-order valence-electron chi connectivity index (χ4n) is 3.58. The molecule has 0 atom stereocenters. The van der Waals surface area contributed by atoms with Crippen LogP contribution in [0, 0.1) is 0 Å². The summed E-state index contributed by atoms with van der Waals surface area (Å²) in [6, 6.07) is 16.8. The molecule has 30 heavy (non-hydrogen) atoms. The highest BCUT2D eigenvalue weighted by Crippen LogP contribution is 2.20. The minimum absolute atomic E-state index is 0. The Labute approximate surface area is 195 Å². The van der Waals surface area contributed by atoms with Gasteiger partial charge in [-0.15, -0.1) is 24.0 Å². The van der Waals surface area contributed by atoms with Crippen LogP contribution in [0.25, 0.3) is 0 Å². The number of halogens is 1. The summed E-state index contributed by atoms with van der Waals surface area (Å²) >= 11 is 0. The van der Waals surface area contributed by atoms with E-state index in [0.29, 0.717) is 18.3 Å². The van der Waals surface area contributed by atoms with Gasteiger partial charge in [-0.3, -0.25) is 9.79 Å². The zero-order chi connectivity index (χ0) is 20.1. The van der Waals surface area contributed by atoms with Gasteiger partial charge in [0.25, 0.3) is 5.91 Å². The van der Waals surface area contributed by atoms with Crippen LogP contribution < -0.4 is 15.4 Å². The SMILES string of the molecule is CN=C(NCc1cccc(OCC(=O)NC2CC2)c1)N1CCc2ccccc2C1.I. The number of aliphatic imine (C=N–C) groups is 1. The first-order chi connectivity index (χ1) is 14.2. The topological polar surface area (TPSA) is 66.0 Å². The molecule has 6 nitrogen and oxygen atoms in total. The van der Waals surface area contributed by atoms with E-state index >= 15 is 0 Å². The van der Waals surface area contributed by atoms with Crippen molar-refractivity contribution in [1.82, 2.24) is 15.5 Å². The van der Waals surface area contributed by atoms with E-state index in [-0.39, 0.29) is 36.5 Å². The maximum atomic E-state index is 11.8. The Morgan fingerprint density at radius 3 is 2.73 bits per heavy atom. The van der Waals surface area contributed by atoms with Crippen LogP contribution in [0.3, 0.4) is 0 Å². The van der Waals surface area contributed by atoms with Crippen LogP contribution in [0.4, 0.5) is 0 Å². The Hall–Kier alpha value is -2.29. The second-order valence-electron chi connectivity index (χ2n) is 7.62. The number of fused-ring (bicyclic) bond motifs is 1. The zero-order valence-corrected chi connectivity index (χ0v) is 19.6. The molecular weight excluding hydrogens is 491 g/mol. The Balaban J connectivity index is 0.00000256. The highest BCUT2D eigenvalue weighted by molar-refractivity contribution is 14.0. The predicted octanol–water partition coefficient (Wildman–Crippen LogP) is 3.10. The van der Waals surface area contributed by atoms with Crippen LogP contribution in [0.5, 0.6) is 5.75 Å². The lowest BCUT2D eigenvalue weighted by Gasteiger charge is -2.31. The fraction of sp³-hybridized carbons (Fsp3) is 0.391. The third-order valence-electron chi connectivity index (χ3n) is 5.30. The van der Waals surface area contributed by atoms with Crippen molar-refractivity contribution < 1.29 is 9.53 Å². The van der Waals surface area contributed by atoms with Crippen molar-refractivity contribution in [3.8, 4) is 5.75 Å². The summed E-state index contributed by atoms with van der Waals surface area (Å²) in [4.78, 5) is 18.5. The highest BCUT2D eigenvalue weighted by atomic mass is 127. The second kappa shape index (κ2) is 10.7. The van der Waals surface area contributed by atoms with Crippen molar-refractivity contribution in [2.75, 3.05) is 20.2 Å². The molecule has 1 aliphatic heterocycles. The molecule has 0 unspecified atom stereocenters. The average Bonchev–Trinajstić information content (AvgIpc) is 3.57. The first kappa shape index (κ1) is 22.4. The van der Waals surface area contributed by atoms with Crippen LogP contribution in [0.2, 0.25) is 0 Å². The molecule has 7 heteroatoms. The molecule has 1 saturated carbocycles. The van der Waals surface area contributed by atoms with Gasteiger partial charge in [-0.1, -0.05) is 36.4 Å². The smallest absolute Gasteiger partial charge is 0.258 e. The van der Waals surface area contributed by atoms with E-state index in [1.165, 1.54) is 11.1 Å². The summed E-state index contributed by atoms with van der Waals surface area (Å²) in [6.07, 6.45) is 3.19. The molecule has 0 radical (unpaired) electrons. The number of hydrogen-bond donors (Lipinski definition) is 2. The molecule has 2 aliphatic rings. The molecule has 160 valence electrons. The molecule has 0 aromatic heterocycles. The quantitative estimate of drug-likeness (QED) is 0.349. The normalized spacial score (nSPS) is 15.6. The van der Waals surface area contributed by atoms with Gasteiger partial charge in [0.1, 0.15) is 5.75 Å². The first-order valence-corrected chi connectivity index (χ1v) is 10.2. The van der Waals surface area contributed by atoms with E-state index in [1.54, 1.807) is 0 Å². The van der Waals surface area contributed by atoms with Crippen molar-refractivity contribution in [1.29, 1.82) is 0 Å². The number of guanidine groups is 1. The Kier molecular flexibility index (Phi) is 7.95. The zero-order valence-electron chi connectivity index (χ0n) is 17.3. The molecule has 1 heterocycles. The third kappa shape index (κ3) is 6.10. The Bertz CT molecular complexity index is 898. The molecular formula is C23H29IN4O2. The van der Waals surface area contributed by atoms with Gasteiger partial charge >= 0.3 is 0 Å². The number of ether oxygens (including phenoxy) is 1. The standard InChI is InChI=1S/C23H28N4O2.HI/c1-24-23(27-12-11-18-6-2-3-7-19(18)15-27)25-14-17-5-4-8-21(13-17)29-16-22(28)26-20-9-10-20;/h2-8,13,20H,9-12,14-16H2,1H3,(H,24,25)(H,26,28);1H. The van der Waals surface area contributed by atoms with Crippen molar-refractivity contribution in [3.63, 3.8) is 0 Å². The predicted molar refractivity (Wildman–Crippen MR) is 129 cm³/mol. The van der Waals surface area contributed by atoms with Gasteiger partial charge in [-0.25, -0.2) is 0 Å². The summed E-state index contributed by atoms with van der Waals surface area (Å²) in [5, 5.41) is 6.39. The molecule has 2 aromatic rings. The minimum Gasteiger partial charge on any atom is -0.484 e. The van der Waals surface area contributed by atoms with Gasteiger partial charge in [-0.2, -0.15) is 0 Å². The fourth-order valence-corrected chi connectivity index (χ4v) is 3.58. The molecule has 1 aliphatic carbocycles. The molecule has 0 spiro atoms. The lowest BCUT2D eigenvalue weighted by molar-refractivity contribution is -0.123. The van der Waals surface area contributed by atoms with Crippen molar-refractivity contribution in [2.24, 2.45) is 4.99 Å². The van der Waals surface area contributed by atoms with Gasteiger partial charge < -0.3 is 20.3 Å². The number of nitrogens with one attached hydrogen (secondary N) is 2. The van der Waals surface area contributed by atoms with Crippen LogP contribution in [0.1, 0.15) is 29.5 Å². The van der Waals surface area contributed by atoms with Crippen LogP contribution in [-0.4, -0.2) is 43.0 Å². The molecule has 1 amide bonds. The van der Waals surface area contributed by atoms with Gasteiger partial charge in [-0.05, 0) is 48.1 Å². The van der Waals surface area contributed by atoms with E-state index in [4.69, 9.17) is 4.74 Å². The van der Waals surface area contributed by atoms with E-state index in [2.05, 4.69) is 44.8 Å². The summed E-state index contributed by atoms with van der Waals surface area (Å²) in [5.74, 6) is 1.55. The summed E-state index contributed by atoms with van der Waals surface area (Å²) in [7, 11) is 1.82. The molecule has 2 N–H and O–H groups in total. The lowest BCUT2D eigenvalue weighted by Crippen LogP contribution is -2.43. The molecule has 2 aromatic carbocycles. The van der Waals surface area contributed by atoms with Crippen molar-refractivity contribution >= 4 is 35.8 Å². The van der Waals surface area contributed by atoms with Gasteiger partial charge in [0.15, 0.2) is 12.6 Å². The maximum absolute atomic E-state index is 11.8. The molecule has 4 rings (SSSR count). The van der Waals surface area contributed by atoms with E-state index in [9.17, 15) is 4.79 Å². The van der Waals surface area contributed by atoms with Gasteiger partial charge in [0, 0.05) is 32.7 Å². The third-order valence-corrected chi connectivity index (χ3v) is 5.30. The van der Waals surface area contributed by atoms with E-state index < -0.39 is 0 Å². The number of carbonyl (C=O) groups is 1. The molecule has 0 bridgehead atoms. The maximum Gasteiger partial charge on any atom is 0.258 e. The van der Waals surface area contributed by atoms with E-state index in [0.717, 1.165) is 43.9 Å². The largest absolute Gasteiger partial charge is 0.484 e. The summed E-state index contributed by atoms with van der Waals surface area (Å²) in [5.41, 5.74) is 3.88. The second-order valence-corrected chi connectivity index (χ2v) is 7.62. The number of benzene rings is 2. The van der Waals surface area contributed by atoms with Crippen molar-refractivity contribution in [3.05, 3.63) is 65.2 Å². The highest BCUT2D eigenvalue weighted by Gasteiger charge is 2.23. The Morgan fingerprint density at radius 2 is 1.97 bits per heavy atom. The summed E-state index contributed by atoms with van der Waals surface area (Å²) in [6.45, 7) is 2.53. The Morgan fingerprint density at radius 1 is 1.17 bits per heavy atom. The summed E-state index contributed by atoms with van der Waals surface area (Å²) < 4.78 is 5.65. The van der Waals surface area contributed by atoms with Crippen molar-refractivity contribution in [2.45, 2.75) is 38.4 Å². The van der Waals surface area contributed by atoms with E-state index in [1.807, 2.05) is 31.3 Å².